The molecule has 0 aliphatic heterocycles. The second-order valence-corrected chi connectivity index (χ2v) is 5.29. The monoisotopic (exact) mass is 267 g/mol. The highest BCUT2D eigenvalue weighted by Gasteiger charge is 2.31. The van der Waals surface area contributed by atoms with E-state index in [9.17, 15) is 9.90 Å². The molecule has 1 aliphatic rings. The smallest absolute Gasteiger partial charge is 0.251 e. The van der Waals surface area contributed by atoms with Gasteiger partial charge in [0.15, 0.2) is 0 Å². The number of fused-ring (bicyclic) bond motifs is 1. The van der Waals surface area contributed by atoms with Gasteiger partial charge in [-0.2, -0.15) is 0 Å². The average Bonchev–Trinajstić information content (AvgIpc) is 2.75. The molecule has 102 valence electrons. The minimum absolute atomic E-state index is 0.144. The van der Waals surface area contributed by atoms with Gasteiger partial charge in [0.2, 0.25) is 0 Å². The van der Waals surface area contributed by atoms with Crippen molar-refractivity contribution in [2.45, 2.75) is 25.5 Å². The highest BCUT2D eigenvalue weighted by molar-refractivity contribution is 5.94. The number of aliphatic hydroxyl groups excluding tert-OH is 1. The van der Waals surface area contributed by atoms with E-state index in [0.29, 0.717) is 12.0 Å². The van der Waals surface area contributed by atoms with Crippen LogP contribution < -0.4 is 5.32 Å². The van der Waals surface area contributed by atoms with Crippen LogP contribution in [0.2, 0.25) is 0 Å². The fourth-order valence-corrected chi connectivity index (χ4v) is 2.76. The zero-order chi connectivity index (χ0) is 14.1. The summed E-state index contributed by atoms with van der Waals surface area (Å²) in [5.41, 5.74) is 3.79. The van der Waals surface area contributed by atoms with Crippen molar-refractivity contribution < 1.29 is 9.90 Å². The first kappa shape index (κ1) is 12.9. The van der Waals surface area contributed by atoms with Crippen LogP contribution in [-0.2, 0) is 6.42 Å². The van der Waals surface area contributed by atoms with E-state index < -0.39 is 6.10 Å². The summed E-state index contributed by atoms with van der Waals surface area (Å²) in [4.78, 5) is 12.3. The van der Waals surface area contributed by atoms with Crippen LogP contribution in [0, 0.1) is 6.92 Å². The maximum Gasteiger partial charge on any atom is 0.251 e. The van der Waals surface area contributed by atoms with Crippen LogP contribution in [-0.4, -0.2) is 17.1 Å². The second-order valence-electron chi connectivity index (χ2n) is 5.29. The van der Waals surface area contributed by atoms with Gasteiger partial charge >= 0.3 is 0 Å². The number of carbonyl (C=O) groups is 1. The SMILES string of the molecule is Cc1cccc(C(=O)N[C@H]2c3ccccc3C[C@H]2O)c1. The Bertz CT molecular complexity index is 651. The number of benzene rings is 2. The van der Waals surface area contributed by atoms with E-state index in [1.165, 1.54) is 0 Å². The van der Waals surface area contributed by atoms with Crippen LogP contribution in [0.15, 0.2) is 48.5 Å². The first-order valence-corrected chi connectivity index (χ1v) is 6.78. The van der Waals surface area contributed by atoms with Gasteiger partial charge in [-0.1, -0.05) is 42.0 Å². The molecular weight excluding hydrogens is 250 g/mol. The number of amides is 1. The van der Waals surface area contributed by atoms with E-state index in [1.54, 1.807) is 6.07 Å². The van der Waals surface area contributed by atoms with Crippen molar-refractivity contribution in [2.75, 3.05) is 0 Å². The average molecular weight is 267 g/mol. The molecule has 2 aromatic carbocycles. The molecule has 2 atom stereocenters. The predicted octanol–water partition coefficient (Wildman–Crippen LogP) is 2.38. The Morgan fingerprint density at radius 3 is 2.80 bits per heavy atom. The van der Waals surface area contributed by atoms with Crippen molar-refractivity contribution in [3.05, 3.63) is 70.8 Å². The Balaban J connectivity index is 1.83. The van der Waals surface area contributed by atoms with Crippen LogP contribution in [0.1, 0.15) is 33.1 Å². The van der Waals surface area contributed by atoms with Gasteiger partial charge in [-0.15, -0.1) is 0 Å². The van der Waals surface area contributed by atoms with Crippen molar-refractivity contribution in [3.63, 3.8) is 0 Å². The maximum absolute atomic E-state index is 12.3. The van der Waals surface area contributed by atoms with Crippen LogP contribution in [0.5, 0.6) is 0 Å². The Hall–Kier alpha value is -2.13. The molecule has 1 amide bonds. The molecule has 0 fully saturated rings. The molecule has 3 nitrogen and oxygen atoms in total. The highest BCUT2D eigenvalue weighted by Crippen LogP contribution is 2.31. The van der Waals surface area contributed by atoms with E-state index in [4.69, 9.17) is 0 Å². The van der Waals surface area contributed by atoms with Gasteiger partial charge in [0, 0.05) is 12.0 Å². The summed E-state index contributed by atoms with van der Waals surface area (Å²) in [5.74, 6) is -0.144. The normalized spacial score (nSPS) is 20.5. The molecule has 0 bridgehead atoms. The molecule has 0 saturated heterocycles. The Morgan fingerprint density at radius 2 is 2.00 bits per heavy atom. The Morgan fingerprint density at radius 1 is 1.20 bits per heavy atom. The molecule has 2 aromatic rings. The first-order chi connectivity index (χ1) is 9.65. The van der Waals surface area contributed by atoms with E-state index in [2.05, 4.69) is 5.32 Å². The minimum Gasteiger partial charge on any atom is -0.390 e. The van der Waals surface area contributed by atoms with Gasteiger partial charge < -0.3 is 10.4 Å². The molecule has 0 aromatic heterocycles. The summed E-state index contributed by atoms with van der Waals surface area (Å²) in [6, 6.07) is 15.0. The maximum atomic E-state index is 12.3. The molecule has 0 unspecified atom stereocenters. The van der Waals surface area contributed by atoms with Gasteiger partial charge in [0.25, 0.3) is 5.91 Å². The largest absolute Gasteiger partial charge is 0.390 e. The van der Waals surface area contributed by atoms with Crippen molar-refractivity contribution in [1.82, 2.24) is 5.32 Å². The van der Waals surface area contributed by atoms with Gasteiger partial charge in [0.1, 0.15) is 0 Å². The van der Waals surface area contributed by atoms with Crippen molar-refractivity contribution in [1.29, 1.82) is 0 Å². The zero-order valence-corrected chi connectivity index (χ0v) is 11.3. The summed E-state index contributed by atoms with van der Waals surface area (Å²) in [6.07, 6.45) is 0.0377. The first-order valence-electron chi connectivity index (χ1n) is 6.78. The Kier molecular flexibility index (Phi) is 3.28. The molecular formula is C17H17NO2. The molecule has 0 spiro atoms. The lowest BCUT2D eigenvalue weighted by Crippen LogP contribution is -2.33. The quantitative estimate of drug-likeness (QED) is 0.877. The summed E-state index contributed by atoms with van der Waals surface area (Å²) in [5, 5.41) is 13.1. The van der Waals surface area contributed by atoms with E-state index in [-0.39, 0.29) is 11.9 Å². The zero-order valence-electron chi connectivity index (χ0n) is 11.3. The van der Waals surface area contributed by atoms with Gasteiger partial charge in [-0.3, -0.25) is 4.79 Å². The number of aliphatic hydroxyl groups is 1. The van der Waals surface area contributed by atoms with Crippen LogP contribution in [0.3, 0.4) is 0 Å². The van der Waals surface area contributed by atoms with Gasteiger partial charge in [-0.05, 0) is 30.2 Å². The highest BCUT2D eigenvalue weighted by atomic mass is 16.3. The van der Waals surface area contributed by atoms with Gasteiger partial charge in [0.05, 0.1) is 12.1 Å². The van der Waals surface area contributed by atoms with Gasteiger partial charge in [-0.25, -0.2) is 0 Å². The number of rotatable bonds is 2. The molecule has 0 heterocycles. The molecule has 0 radical (unpaired) electrons. The fourth-order valence-electron chi connectivity index (χ4n) is 2.76. The minimum atomic E-state index is -0.554. The lowest BCUT2D eigenvalue weighted by atomic mass is 10.1. The van der Waals surface area contributed by atoms with E-state index >= 15 is 0 Å². The topological polar surface area (TPSA) is 49.3 Å². The number of hydrogen-bond donors (Lipinski definition) is 2. The fraction of sp³-hybridized carbons (Fsp3) is 0.235. The van der Waals surface area contributed by atoms with Crippen LogP contribution in [0.4, 0.5) is 0 Å². The second kappa shape index (κ2) is 5.10. The van der Waals surface area contributed by atoms with Crippen LogP contribution in [0.25, 0.3) is 0 Å². The summed E-state index contributed by atoms with van der Waals surface area (Å²) < 4.78 is 0. The standard InChI is InChI=1S/C17H17NO2/c1-11-5-4-7-13(9-11)17(20)18-16-14-8-3-2-6-12(14)10-15(16)19/h2-9,15-16,19H,10H2,1H3,(H,18,20)/t15-,16+/m1/s1. The third-order valence-electron chi connectivity index (χ3n) is 3.77. The number of nitrogens with one attached hydrogen (secondary N) is 1. The molecule has 2 N–H and O–H groups in total. The third-order valence-corrected chi connectivity index (χ3v) is 3.77. The Labute approximate surface area is 118 Å². The predicted molar refractivity (Wildman–Crippen MR) is 77.5 cm³/mol. The summed E-state index contributed by atoms with van der Waals surface area (Å²) in [6.45, 7) is 1.95. The van der Waals surface area contributed by atoms with Crippen molar-refractivity contribution in [2.24, 2.45) is 0 Å². The number of hydrogen-bond acceptors (Lipinski definition) is 2. The van der Waals surface area contributed by atoms with Crippen molar-refractivity contribution in [3.8, 4) is 0 Å². The van der Waals surface area contributed by atoms with Crippen molar-refractivity contribution >= 4 is 5.91 Å². The number of aryl methyl sites for hydroxylation is 1. The molecule has 3 heteroatoms. The summed E-state index contributed by atoms with van der Waals surface area (Å²) in [7, 11) is 0. The van der Waals surface area contributed by atoms with E-state index in [1.807, 2.05) is 49.4 Å². The summed E-state index contributed by atoms with van der Waals surface area (Å²) >= 11 is 0. The molecule has 3 rings (SSSR count). The number of carbonyl (C=O) groups excluding carboxylic acids is 1. The van der Waals surface area contributed by atoms with E-state index in [0.717, 1.165) is 16.7 Å². The lowest BCUT2D eigenvalue weighted by Gasteiger charge is -2.18. The lowest BCUT2D eigenvalue weighted by molar-refractivity contribution is 0.0858. The molecule has 1 aliphatic carbocycles. The molecule has 20 heavy (non-hydrogen) atoms. The molecule has 0 saturated carbocycles. The van der Waals surface area contributed by atoms with Crippen LogP contribution >= 0.6 is 0 Å². The third kappa shape index (κ3) is 2.32.